The molecule has 1 fully saturated rings. The summed E-state index contributed by atoms with van der Waals surface area (Å²) in [6, 6.07) is 2.12. The Morgan fingerprint density at radius 2 is 2.06 bits per heavy atom. The van der Waals surface area contributed by atoms with Crippen molar-refractivity contribution in [3.63, 3.8) is 0 Å². The van der Waals surface area contributed by atoms with E-state index in [2.05, 4.69) is 50.0 Å². The third kappa shape index (κ3) is 4.04. The Morgan fingerprint density at radius 3 is 2.56 bits per heavy atom. The molecular formula is C13H29N3. The molecule has 1 aliphatic heterocycles. The molecule has 0 radical (unpaired) electrons. The molecule has 0 spiro atoms. The molecule has 1 heterocycles. The van der Waals surface area contributed by atoms with Gasteiger partial charge in [0, 0.05) is 24.7 Å². The number of likely N-dealkylation sites (N-methyl/N-ethyl adjacent to an activating group) is 2. The highest BCUT2D eigenvalue weighted by Crippen LogP contribution is 2.18. The molecule has 1 aliphatic rings. The summed E-state index contributed by atoms with van der Waals surface area (Å²) in [6.07, 6.45) is 2.60. The lowest BCUT2D eigenvalue weighted by Gasteiger charge is -2.40. The monoisotopic (exact) mass is 227 g/mol. The van der Waals surface area contributed by atoms with Crippen LogP contribution in [0.15, 0.2) is 0 Å². The quantitative estimate of drug-likeness (QED) is 0.766. The normalized spacial score (nSPS) is 28.7. The van der Waals surface area contributed by atoms with Gasteiger partial charge in [-0.25, -0.2) is 0 Å². The summed E-state index contributed by atoms with van der Waals surface area (Å²) in [6.45, 7) is 10.5. The van der Waals surface area contributed by atoms with Gasteiger partial charge >= 0.3 is 0 Å². The molecule has 0 amide bonds. The number of nitrogens with one attached hydrogen (secondary N) is 1. The van der Waals surface area contributed by atoms with E-state index in [0.29, 0.717) is 12.1 Å². The lowest BCUT2D eigenvalue weighted by Crippen LogP contribution is -2.51. The van der Waals surface area contributed by atoms with Gasteiger partial charge in [-0.05, 0) is 53.9 Å². The first-order valence-corrected chi connectivity index (χ1v) is 6.68. The Hall–Kier alpha value is -0.120. The highest BCUT2D eigenvalue weighted by molar-refractivity contribution is 4.84. The van der Waals surface area contributed by atoms with E-state index in [-0.39, 0.29) is 0 Å². The first-order chi connectivity index (χ1) is 7.54. The molecule has 0 aromatic carbocycles. The molecule has 3 nitrogen and oxygen atoms in total. The summed E-state index contributed by atoms with van der Waals surface area (Å²) in [5.41, 5.74) is 0. The van der Waals surface area contributed by atoms with Gasteiger partial charge in [-0.15, -0.1) is 0 Å². The van der Waals surface area contributed by atoms with E-state index < -0.39 is 0 Å². The van der Waals surface area contributed by atoms with E-state index in [4.69, 9.17) is 0 Å². The van der Waals surface area contributed by atoms with Crippen LogP contribution >= 0.6 is 0 Å². The van der Waals surface area contributed by atoms with Gasteiger partial charge in [-0.2, -0.15) is 0 Å². The summed E-state index contributed by atoms with van der Waals surface area (Å²) < 4.78 is 0. The summed E-state index contributed by atoms with van der Waals surface area (Å²) >= 11 is 0. The summed E-state index contributed by atoms with van der Waals surface area (Å²) in [5, 5.41) is 3.53. The second kappa shape index (κ2) is 6.58. The maximum atomic E-state index is 3.53. The average Bonchev–Trinajstić information content (AvgIpc) is 2.17. The van der Waals surface area contributed by atoms with Gasteiger partial charge in [0.2, 0.25) is 0 Å². The maximum absolute atomic E-state index is 3.53. The van der Waals surface area contributed by atoms with Crippen molar-refractivity contribution in [2.45, 2.75) is 51.7 Å². The molecule has 0 aromatic heterocycles. The standard InChI is InChI=1S/C13H29N3/c1-6-16(12(3)10-15(4)5)13-7-8-14-11(2)9-13/h11-14H,6-10H2,1-5H3. The van der Waals surface area contributed by atoms with E-state index in [1.54, 1.807) is 0 Å². The van der Waals surface area contributed by atoms with E-state index >= 15 is 0 Å². The van der Waals surface area contributed by atoms with Crippen LogP contribution in [0.4, 0.5) is 0 Å². The fraction of sp³-hybridized carbons (Fsp3) is 1.00. The van der Waals surface area contributed by atoms with Crippen LogP contribution < -0.4 is 5.32 Å². The predicted molar refractivity (Wildman–Crippen MR) is 70.9 cm³/mol. The molecule has 3 atom stereocenters. The van der Waals surface area contributed by atoms with Crippen LogP contribution in [-0.2, 0) is 0 Å². The van der Waals surface area contributed by atoms with E-state index in [9.17, 15) is 0 Å². The topological polar surface area (TPSA) is 18.5 Å². The van der Waals surface area contributed by atoms with Crippen molar-refractivity contribution >= 4 is 0 Å². The fourth-order valence-electron chi connectivity index (χ4n) is 2.97. The third-order valence-corrected chi connectivity index (χ3v) is 3.63. The van der Waals surface area contributed by atoms with E-state index in [0.717, 1.165) is 12.6 Å². The van der Waals surface area contributed by atoms with Gasteiger partial charge in [0.1, 0.15) is 0 Å². The number of piperidine rings is 1. The van der Waals surface area contributed by atoms with Crippen molar-refractivity contribution in [1.82, 2.24) is 15.1 Å². The smallest absolute Gasteiger partial charge is 0.0197 e. The molecule has 1 saturated heterocycles. The molecule has 0 saturated carbocycles. The summed E-state index contributed by atoms with van der Waals surface area (Å²) in [4.78, 5) is 4.97. The molecule has 3 heteroatoms. The van der Waals surface area contributed by atoms with E-state index in [1.165, 1.54) is 25.9 Å². The van der Waals surface area contributed by atoms with Crippen LogP contribution in [0.5, 0.6) is 0 Å². The minimum atomic E-state index is 0.662. The zero-order chi connectivity index (χ0) is 12.1. The van der Waals surface area contributed by atoms with Gasteiger partial charge < -0.3 is 10.2 Å². The first-order valence-electron chi connectivity index (χ1n) is 6.68. The van der Waals surface area contributed by atoms with Crippen molar-refractivity contribution in [3.05, 3.63) is 0 Å². The maximum Gasteiger partial charge on any atom is 0.0197 e. The molecule has 1 rings (SSSR count). The number of rotatable bonds is 5. The summed E-state index contributed by atoms with van der Waals surface area (Å²) in [7, 11) is 4.32. The van der Waals surface area contributed by atoms with Crippen molar-refractivity contribution in [1.29, 1.82) is 0 Å². The van der Waals surface area contributed by atoms with Crippen LogP contribution in [0.3, 0.4) is 0 Å². The Balaban J connectivity index is 2.51. The van der Waals surface area contributed by atoms with Crippen molar-refractivity contribution in [2.24, 2.45) is 0 Å². The second-order valence-electron chi connectivity index (χ2n) is 5.48. The molecular weight excluding hydrogens is 198 g/mol. The fourth-order valence-corrected chi connectivity index (χ4v) is 2.97. The molecule has 1 N–H and O–H groups in total. The van der Waals surface area contributed by atoms with Gasteiger partial charge in [0.05, 0.1) is 0 Å². The Bertz CT molecular complexity index is 194. The minimum absolute atomic E-state index is 0.662. The van der Waals surface area contributed by atoms with Crippen LogP contribution in [0.1, 0.15) is 33.6 Å². The molecule has 0 aliphatic carbocycles. The largest absolute Gasteiger partial charge is 0.314 e. The predicted octanol–water partition coefficient (Wildman–Crippen LogP) is 1.40. The Morgan fingerprint density at radius 1 is 1.38 bits per heavy atom. The number of hydrogen-bond donors (Lipinski definition) is 1. The van der Waals surface area contributed by atoms with Crippen molar-refractivity contribution in [3.8, 4) is 0 Å². The van der Waals surface area contributed by atoms with Crippen LogP contribution in [-0.4, -0.2) is 61.7 Å². The average molecular weight is 227 g/mol. The third-order valence-electron chi connectivity index (χ3n) is 3.63. The Labute approximate surface area is 101 Å². The van der Waals surface area contributed by atoms with Gasteiger partial charge in [-0.3, -0.25) is 4.90 Å². The Kier molecular flexibility index (Phi) is 5.73. The zero-order valence-corrected chi connectivity index (χ0v) is 11.7. The second-order valence-corrected chi connectivity index (χ2v) is 5.48. The summed E-state index contributed by atoms with van der Waals surface area (Å²) in [5.74, 6) is 0. The molecule has 0 bridgehead atoms. The van der Waals surface area contributed by atoms with Gasteiger partial charge in [0.15, 0.2) is 0 Å². The minimum Gasteiger partial charge on any atom is -0.314 e. The molecule has 0 aromatic rings. The SMILES string of the molecule is CCN(C(C)CN(C)C)C1CCNC(C)C1. The highest BCUT2D eigenvalue weighted by atomic mass is 15.2. The molecule has 96 valence electrons. The molecule has 3 unspecified atom stereocenters. The van der Waals surface area contributed by atoms with Gasteiger partial charge in [-0.1, -0.05) is 6.92 Å². The zero-order valence-electron chi connectivity index (χ0n) is 11.7. The number of nitrogens with zero attached hydrogens (tertiary/aromatic N) is 2. The van der Waals surface area contributed by atoms with Crippen molar-refractivity contribution < 1.29 is 0 Å². The molecule has 16 heavy (non-hydrogen) atoms. The lowest BCUT2D eigenvalue weighted by molar-refractivity contribution is 0.0963. The highest BCUT2D eigenvalue weighted by Gasteiger charge is 2.26. The lowest BCUT2D eigenvalue weighted by atomic mass is 9.97. The van der Waals surface area contributed by atoms with Crippen LogP contribution in [0.2, 0.25) is 0 Å². The van der Waals surface area contributed by atoms with Crippen LogP contribution in [0, 0.1) is 0 Å². The number of hydrogen-bond acceptors (Lipinski definition) is 3. The van der Waals surface area contributed by atoms with Gasteiger partial charge in [0.25, 0.3) is 0 Å². The first kappa shape index (κ1) is 13.9. The van der Waals surface area contributed by atoms with E-state index in [1.807, 2.05) is 0 Å². The van der Waals surface area contributed by atoms with Crippen molar-refractivity contribution in [2.75, 3.05) is 33.7 Å². The van der Waals surface area contributed by atoms with Crippen LogP contribution in [0.25, 0.3) is 0 Å².